The average Bonchev–Trinajstić information content (AvgIpc) is 1.83. The molecule has 0 fully saturated rings. The molecule has 1 aromatic carbocycles. The number of aryl methyl sites for hydroxylation is 1. The van der Waals surface area contributed by atoms with Gasteiger partial charge < -0.3 is 2.85 Å². The zero-order chi connectivity index (χ0) is 6.85. The minimum absolute atomic E-state index is 0. The molecule has 0 heterocycles. The second kappa shape index (κ2) is 4.22. The largest absolute Gasteiger partial charge is 2.00 e. The van der Waals surface area contributed by atoms with E-state index in [4.69, 9.17) is 11.6 Å². The monoisotopic (exact) mass is 166 g/mol. The summed E-state index contributed by atoms with van der Waals surface area (Å²) in [6.07, 6.45) is 0. The van der Waals surface area contributed by atoms with E-state index in [1.54, 1.807) is 0 Å². The Bertz CT molecular complexity index is 208. The van der Waals surface area contributed by atoms with Crippen molar-refractivity contribution in [3.63, 3.8) is 0 Å². The number of halogens is 1. The van der Waals surface area contributed by atoms with Gasteiger partial charge in [0.2, 0.25) is 0 Å². The van der Waals surface area contributed by atoms with E-state index < -0.39 is 0 Å². The van der Waals surface area contributed by atoms with Gasteiger partial charge in [0.25, 0.3) is 0 Å². The van der Waals surface area contributed by atoms with Crippen LogP contribution in [0.25, 0.3) is 0 Å². The summed E-state index contributed by atoms with van der Waals surface area (Å²) in [5, 5.41) is 0.856. The van der Waals surface area contributed by atoms with E-state index in [-0.39, 0.29) is 25.9 Å². The second-order valence-electron chi connectivity index (χ2n) is 2.18. The van der Waals surface area contributed by atoms with Crippen molar-refractivity contribution in [3.8, 4) is 0 Å². The van der Waals surface area contributed by atoms with E-state index in [9.17, 15) is 0 Å². The molecule has 0 N–H and O–H groups in total. The van der Waals surface area contributed by atoms with Gasteiger partial charge in [0.05, 0.1) is 0 Å². The summed E-state index contributed by atoms with van der Waals surface area (Å²) in [4.78, 5) is 0. The Kier molecular flexibility index (Phi) is 4.33. The van der Waals surface area contributed by atoms with Crippen molar-refractivity contribution in [1.82, 2.24) is 0 Å². The van der Waals surface area contributed by atoms with Crippen LogP contribution in [-0.2, 0) is 0 Å². The van der Waals surface area contributed by atoms with Crippen LogP contribution in [0.2, 0.25) is 5.02 Å². The van der Waals surface area contributed by atoms with Crippen molar-refractivity contribution < 1.29 is 2.85 Å². The normalized spacial score (nSPS) is 8.70. The predicted octanol–water partition coefficient (Wildman–Crippen LogP) is 2.80. The SMILES string of the molecule is Cc1cccc(Cl)c1C.[H-].[H-].[Mg+2]. The first-order chi connectivity index (χ1) is 4.22. The Hall–Kier alpha value is 0.276. The van der Waals surface area contributed by atoms with Gasteiger partial charge in [-0.1, -0.05) is 23.7 Å². The minimum atomic E-state index is 0. The average molecular weight is 167 g/mol. The Morgan fingerprint density at radius 1 is 1.30 bits per heavy atom. The van der Waals surface area contributed by atoms with Gasteiger partial charge in [-0.3, -0.25) is 0 Å². The summed E-state index contributed by atoms with van der Waals surface area (Å²) in [7, 11) is 0. The molecule has 2 heteroatoms. The molecular weight excluding hydrogens is 156 g/mol. The maximum Gasteiger partial charge on any atom is 2.00 e. The van der Waals surface area contributed by atoms with Gasteiger partial charge in [0.1, 0.15) is 0 Å². The van der Waals surface area contributed by atoms with Gasteiger partial charge >= 0.3 is 23.1 Å². The van der Waals surface area contributed by atoms with Gasteiger partial charge in [-0.05, 0) is 31.0 Å². The molecule has 1 aromatic rings. The van der Waals surface area contributed by atoms with E-state index in [1.165, 1.54) is 11.1 Å². The molecule has 0 nitrogen and oxygen atoms in total. The molecule has 0 unspecified atom stereocenters. The van der Waals surface area contributed by atoms with Crippen LogP contribution < -0.4 is 0 Å². The molecule has 0 atom stereocenters. The Balaban J connectivity index is -0.000000270. The van der Waals surface area contributed by atoms with Crippen molar-refractivity contribution in [1.29, 1.82) is 0 Å². The minimum Gasteiger partial charge on any atom is -1.00 e. The summed E-state index contributed by atoms with van der Waals surface area (Å²) < 4.78 is 0. The third kappa shape index (κ3) is 2.15. The van der Waals surface area contributed by atoms with Crippen molar-refractivity contribution >= 4 is 34.7 Å². The van der Waals surface area contributed by atoms with Crippen LogP contribution in [-0.4, -0.2) is 23.1 Å². The third-order valence-corrected chi connectivity index (χ3v) is 1.95. The maximum atomic E-state index is 5.81. The van der Waals surface area contributed by atoms with Crippen molar-refractivity contribution in [2.75, 3.05) is 0 Å². The Morgan fingerprint density at radius 2 is 1.90 bits per heavy atom. The summed E-state index contributed by atoms with van der Waals surface area (Å²) in [6.45, 7) is 4.08. The fourth-order valence-electron chi connectivity index (χ4n) is 0.715. The van der Waals surface area contributed by atoms with Crippen molar-refractivity contribution in [3.05, 3.63) is 34.3 Å². The molecule has 0 aliphatic carbocycles. The molecule has 0 radical (unpaired) electrons. The van der Waals surface area contributed by atoms with E-state index in [2.05, 4.69) is 13.0 Å². The Morgan fingerprint density at radius 3 is 2.30 bits per heavy atom. The zero-order valence-electron chi connectivity index (χ0n) is 8.32. The van der Waals surface area contributed by atoms with E-state index in [1.807, 2.05) is 19.1 Å². The van der Waals surface area contributed by atoms with Crippen LogP contribution in [0, 0.1) is 13.8 Å². The molecule has 0 saturated heterocycles. The van der Waals surface area contributed by atoms with Crippen molar-refractivity contribution in [2.24, 2.45) is 0 Å². The molecule has 0 aliphatic heterocycles. The first-order valence-electron chi connectivity index (χ1n) is 2.93. The summed E-state index contributed by atoms with van der Waals surface area (Å²) >= 11 is 5.81. The van der Waals surface area contributed by atoms with Gasteiger partial charge in [-0.15, -0.1) is 0 Å². The fourth-order valence-corrected chi connectivity index (χ4v) is 0.937. The van der Waals surface area contributed by atoms with Crippen LogP contribution >= 0.6 is 11.6 Å². The number of rotatable bonds is 0. The Labute approximate surface area is 85.7 Å². The van der Waals surface area contributed by atoms with Gasteiger partial charge in [-0.2, -0.15) is 0 Å². The standard InChI is InChI=1S/C8H9Cl.Mg.2H/c1-6-4-3-5-8(9)7(6)2;;;/h3-5H,1-2H3;;;/q;+2;2*-1. The van der Waals surface area contributed by atoms with Gasteiger partial charge in [-0.25, -0.2) is 0 Å². The van der Waals surface area contributed by atoms with Gasteiger partial charge in [0, 0.05) is 5.02 Å². The molecular formula is C8H11ClMg. The summed E-state index contributed by atoms with van der Waals surface area (Å²) in [6, 6.07) is 5.93. The van der Waals surface area contributed by atoms with Crippen molar-refractivity contribution in [2.45, 2.75) is 13.8 Å². The molecule has 1 rings (SSSR count). The van der Waals surface area contributed by atoms with Crippen LogP contribution in [0.15, 0.2) is 18.2 Å². The molecule has 0 amide bonds. The third-order valence-electron chi connectivity index (χ3n) is 1.54. The summed E-state index contributed by atoms with van der Waals surface area (Å²) in [5.74, 6) is 0. The van der Waals surface area contributed by atoms with Crippen LogP contribution in [0.4, 0.5) is 0 Å². The fraction of sp³-hybridized carbons (Fsp3) is 0.250. The number of benzene rings is 1. The maximum absolute atomic E-state index is 5.81. The summed E-state index contributed by atoms with van der Waals surface area (Å²) in [5.41, 5.74) is 2.43. The van der Waals surface area contributed by atoms with E-state index in [0.717, 1.165) is 5.02 Å². The first-order valence-corrected chi connectivity index (χ1v) is 3.31. The topological polar surface area (TPSA) is 0 Å². The second-order valence-corrected chi connectivity index (χ2v) is 2.59. The molecule has 0 spiro atoms. The number of hydrogen-bond donors (Lipinski definition) is 0. The number of hydrogen-bond acceptors (Lipinski definition) is 0. The van der Waals surface area contributed by atoms with E-state index in [0.29, 0.717) is 0 Å². The molecule has 0 aromatic heterocycles. The van der Waals surface area contributed by atoms with Crippen LogP contribution in [0.1, 0.15) is 14.0 Å². The zero-order valence-corrected chi connectivity index (χ0v) is 8.49. The van der Waals surface area contributed by atoms with Crippen LogP contribution in [0.5, 0.6) is 0 Å². The molecule has 0 saturated carbocycles. The molecule has 0 aliphatic rings. The van der Waals surface area contributed by atoms with Gasteiger partial charge in [0.15, 0.2) is 0 Å². The molecule has 52 valence electrons. The van der Waals surface area contributed by atoms with Crippen LogP contribution in [0.3, 0.4) is 0 Å². The first kappa shape index (κ1) is 10.3. The van der Waals surface area contributed by atoms with E-state index >= 15 is 0 Å². The predicted molar refractivity (Wildman–Crippen MR) is 48.9 cm³/mol. The smallest absolute Gasteiger partial charge is 1.00 e. The quantitative estimate of drug-likeness (QED) is 0.521. The molecule has 0 bridgehead atoms. The molecule has 10 heavy (non-hydrogen) atoms.